The Kier molecular flexibility index (Phi) is 11.3. The third kappa shape index (κ3) is 9.11. The SMILES string of the molecule is CCNC(=NCCNS(=O)(=O)CC)NC1CCC(O)CC1.I. The molecule has 7 nitrogen and oxygen atoms in total. The van der Waals surface area contributed by atoms with Gasteiger partial charge in [0.15, 0.2) is 5.96 Å². The molecule has 1 aliphatic carbocycles. The fourth-order valence-electron chi connectivity index (χ4n) is 2.20. The topological polar surface area (TPSA) is 103 Å². The fourth-order valence-corrected chi connectivity index (χ4v) is 2.81. The Hall–Kier alpha value is -0.130. The minimum atomic E-state index is -3.15. The van der Waals surface area contributed by atoms with Crippen LogP contribution in [0, 0.1) is 0 Å². The summed E-state index contributed by atoms with van der Waals surface area (Å²) < 4.78 is 25.1. The van der Waals surface area contributed by atoms with Crippen molar-refractivity contribution in [3.63, 3.8) is 0 Å². The van der Waals surface area contributed by atoms with Crippen molar-refractivity contribution < 1.29 is 13.5 Å². The van der Waals surface area contributed by atoms with Gasteiger partial charge in [0.25, 0.3) is 0 Å². The summed E-state index contributed by atoms with van der Waals surface area (Å²) in [6.45, 7) is 5.04. The Bertz CT molecular complexity index is 423. The lowest BCUT2D eigenvalue weighted by Gasteiger charge is -2.27. The highest BCUT2D eigenvalue weighted by atomic mass is 127. The van der Waals surface area contributed by atoms with E-state index in [1.807, 2.05) is 6.92 Å². The normalized spacial score (nSPS) is 22.8. The van der Waals surface area contributed by atoms with E-state index in [4.69, 9.17) is 0 Å². The molecular formula is C13H29IN4O3S. The molecule has 0 heterocycles. The number of aliphatic hydroxyl groups excluding tert-OH is 1. The zero-order valence-electron chi connectivity index (χ0n) is 13.3. The highest BCUT2D eigenvalue weighted by Gasteiger charge is 2.19. The first-order chi connectivity index (χ1) is 9.96. The predicted molar refractivity (Wildman–Crippen MR) is 100 cm³/mol. The van der Waals surface area contributed by atoms with Crippen LogP contribution in [0.2, 0.25) is 0 Å². The van der Waals surface area contributed by atoms with Gasteiger partial charge in [-0.05, 0) is 39.5 Å². The third-order valence-corrected chi connectivity index (χ3v) is 4.87. The molecule has 0 aromatic heterocycles. The zero-order valence-corrected chi connectivity index (χ0v) is 16.5. The molecule has 0 atom stereocenters. The average Bonchev–Trinajstić information content (AvgIpc) is 2.46. The van der Waals surface area contributed by atoms with Crippen molar-refractivity contribution in [1.29, 1.82) is 0 Å². The molecule has 0 spiro atoms. The van der Waals surface area contributed by atoms with Gasteiger partial charge in [-0.1, -0.05) is 0 Å². The average molecular weight is 448 g/mol. The van der Waals surface area contributed by atoms with E-state index in [1.54, 1.807) is 6.92 Å². The van der Waals surface area contributed by atoms with E-state index in [2.05, 4.69) is 20.3 Å². The molecule has 132 valence electrons. The molecule has 0 aromatic rings. The number of rotatable bonds is 7. The lowest BCUT2D eigenvalue weighted by atomic mass is 9.93. The van der Waals surface area contributed by atoms with Crippen molar-refractivity contribution in [2.24, 2.45) is 4.99 Å². The Morgan fingerprint density at radius 3 is 2.41 bits per heavy atom. The molecule has 4 N–H and O–H groups in total. The molecule has 1 fully saturated rings. The number of sulfonamides is 1. The van der Waals surface area contributed by atoms with E-state index in [1.165, 1.54) is 0 Å². The maximum absolute atomic E-state index is 11.3. The number of aliphatic hydroxyl groups is 1. The number of hydrogen-bond donors (Lipinski definition) is 4. The summed E-state index contributed by atoms with van der Waals surface area (Å²) in [4.78, 5) is 4.37. The monoisotopic (exact) mass is 448 g/mol. The van der Waals surface area contributed by atoms with E-state index >= 15 is 0 Å². The first kappa shape index (κ1) is 21.9. The number of nitrogens with one attached hydrogen (secondary N) is 3. The van der Waals surface area contributed by atoms with Crippen LogP contribution in [-0.4, -0.2) is 57.0 Å². The van der Waals surface area contributed by atoms with Crippen molar-refractivity contribution in [1.82, 2.24) is 15.4 Å². The second kappa shape index (κ2) is 11.4. The molecular weight excluding hydrogens is 419 g/mol. The van der Waals surface area contributed by atoms with Gasteiger partial charge in [-0.25, -0.2) is 13.1 Å². The van der Waals surface area contributed by atoms with Crippen LogP contribution in [0.15, 0.2) is 4.99 Å². The highest BCUT2D eigenvalue weighted by molar-refractivity contribution is 14.0. The third-order valence-electron chi connectivity index (χ3n) is 3.47. The summed E-state index contributed by atoms with van der Waals surface area (Å²) >= 11 is 0. The molecule has 1 rings (SSSR count). The minimum Gasteiger partial charge on any atom is -0.393 e. The number of hydrogen-bond acceptors (Lipinski definition) is 4. The fraction of sp³-hybridized carbons (Fsp3) is 0.923. The molecule has 0 unspecified atom stereocenters. The van der Waals surface area contributed by atoms with Crippen LogP contribution in [0.5, 0.6) is 0 Å². The molecule has 0 amide bonds. The number of nitrogens with zero attached hydrogens (tertiary/aromatic N) is 1. The number of halogens is 1. The van der Waals surface area contributed by atoms with Crippen LogP contribution in [0.3, 0.4) is 0 Å². The number of aliphatic imine (C=N–C) groups is 1. The van der Waals surface area contributed by atoms with Crippen molar-refractivity contribution in [2.45, 2.75) is 51.7 Å². The smallest absolute Gasteiger partial charge is 0.211 e. The molecule has 0 aromatic carbocycles. The van der Waals surface area contributed by atoms with E-state index in [9.17, 15) is 13.5 Å². The van der Waals surface area contributed by atoms with Crippen LogP contribution in [0.1, 0.15) is 39.5 Å². The van der Waals surface area contributed by atoms with Crippen molar-refractivity contribution in [3.05, 3.63) is 0 Å². The lowest BCUT2D eigenvalue weighted by Crippen LogP contribution is -2.45. The van der Waals surface area contributed by atoms with E-state index < -0.39 is 10.0 Å². The quantitative estimate of drug-likeness (QED) is 0.196. The first-order valence-electron chi connectivity index (χ1n) is 7.67. The van der Waals surface area contributed by atoms with Crippen molar-refractivity contribution in [3.8, 4) is 0 Å². The summed E-state index contributed by atoms with van der Waals surface area (Å²) in [6.07, 6.45) is 3.30. The van der Waals surface area contributed by atoms with Crippen molar-refractivity contribution in [2.75, 3.05) is 25.4 Å². The van der Waals surface area contributed by atoms with Gasteiger partial charge in [0, 0.05) is 19.1 Å². The Balaban J connectivity index is 0.00000441. The van der Waals surface area contributed by atoms with Gasteiger partial charge in [0.1, 0.15) is 0 Å². The largest absolute Gasteiger partial charge is 0.393 e. The second-order valence-electron chi connectivity index (χ2n) is 5.21. The van der Waals surface area contributed by atoms with Gasteiger partial charge < -0.3 is 15.7 Å². The van der Waals surface area contributed by atoms with Crippen LogP contribution >= 0.6 is 24.0 Å². The zero-order chi connectivity index (χ0) is 15.7. The van der Waals surface area contributed by atoms with E-state index in [-0.39, 0.29) is 35.8 Å². The second-order valence-corrected chi connectivity index (χ2v) is 7.30. The summed E-state index contributed by atoms with van der Waals surface area (Å²) in [6, 6.07) is 0.318. The Labute approximate surface area is 150 Å². The van der Waals surface area contributed by atoms with Crippen LogP contribution in [-0.2, 0) is 10.0 Å². The molecule has 0 aliphatic heterocycles. The van der Waals surface area contributed by atoms with Crippen LogP contribution < -0.4 is 15.4 Å². The van der Waals surface area contributed by atoms with Gasteiger partial charge >= 0.3 is 0 Å². The summed E-state index contributed by atoms with van der Waals surface area (Å²) in [7, 11) is -3.15. The van der Waals surface area contributed by atoms with Gasteiger partial charge in [0.05, 0.1) is 18.4 Å². The molecule has 0 saturated heterocycles. The summed E-state index contributed by atoms with van der Waals surface area (Å²) in [5, 5.41) is 16.0. The molecule has 22 heavy (non-hydrogen) atoms. The predicted octanol–water partition coefficient (Wildman–Crippen LogP) is 0.402. The van der Waals surface area contributed by atoms with E-state index in [0.29, 0.717) is 25.1 Å². The van der Waals surface area contributed by atoms with Crippen LogP contribution in [0.4, 0.5) is 0 Å². The maximum Gasteiger partial charge on any atom is 0.211 e. The van der Waals surface area contributed by atoms with Gasteiger partial charge in [-0.2, -0.15) is 0 Å². The molecule has 0 radical (unpaired) electrons. The van der Waals surface area contributed by atoms with Gasteiger partial charge in [0.2, 0.25) is 10.0 Å². The first-order valence-corrected chi connectivity index (χ1v) is 9.32. The lowest BCUT2D eigenvalue weighted by molar-refractivity contribution is 0.120. The summed E-state index contributed by atoms with van der Waals surface area (Å²) in [5.41, 5.74) is 0. The van der Waals surface area contributed by atoms with E-state index in [0.717, 1.165) is 32.2 Å². The molecule has 1 aliphatic rings. The van der Waals surface area contributed by atoms with Gasteiger partial charge in [-0.15, -0.1) is 24.0 Å². The van der Waals surface area contributed by atoms with Crippen molar-refractivity contribution >= 4 is 40.0 Å². The minimum absolute atomic E-state index is 0. The molecule has 1 saturated carbocycles. The maximum atomic E-state index is 11.3. The standard InChI is InChI=1S/C13H28N4O3S.HI/c1-3-14-13(15-9-10-16-21(19,20)4-2)17-11-5-7-12(18)8-6-11;/h11-12,16,18H,3-10H2,1-2H3,(H2,14,15,17);1H. The molecule has 0 bridgehead atoms. The number of guanidine groups is 1. The molecule has 9 heteroatoms. The van der Waals surface area contributed by atoms with Crippen LogP contribution in [0.25, 0.3) is 0 Å². The Morgan fingerprint density at radius 1 is 1.23 bits per heavy atom. The summed E-state index contributed by atoms with van der Waals surface area (Å²) in [5.74, 6) is 0.786. The van der Waals surface area contributed by atoms with Gasteiger partial charge in [-0.3, -0.25) is 4.99 Å². The Morgan fingerprint density at radius 2 is 1.86 bits per heavy atom. The highest BCUT2D eigenvalue weighted by Crippen LogP contribution is 2.18.